The summed E-state index contributed by atoms with van der Waals surface area (Å²) in [5.74, 6) is -1.31. The van der Waals surface area contributed by atoms with E-state index in [0.717, 1.165) is 16.6 Å². The number of aromatic amines is 1. The van der Waals surface area contributed by atoms with Crippen molar-refractivity contribution in [3.63, 3.8) is 0 Å². The van der Waals surface area contributed by atoms with Gasteiger partial charge < -0.3 is 4.90 Å². The third-order valence-electron chi connectivity index (χ3n) is 3.68. The van der Waals surface area contributed by atoms with E-state index in [2.05, 4.69) is 10.2 Å². The molecule has 1 amide bonds. The molecule has 1 saturated heterocycles. The molecule has 1 unspecified atom stereocenters. The molecule has 1 fully saturated rings. The van der Waals surface area contributed by atoms with Crippen molar-refractivity contribution < 1.29 is 17.1 Å². The van der Waals surface area contributed by atoms with Crippen molar-refractivity contribution in [3.05, 3.63) is 23.9 Å². The number of benzene rings is 1. The van der Waals surface area contributed by atoms with Gasteiger partial charge >= 0.3 is 10.2 Å². The van der Waals surface area contributed by atoms with Crippen LogP contribution in [0.5, 0.6) is 0 Å². The number of nitrogens with one attached hydrogen (secondary N) is 1. The molecule has 0 aliphatic carbocycles. The summed E-state index contributed by atoms with van der Waals surface area (Å²) in [5.41, 5.74) is 2.36. The fraction of sp³-hybridized carbons (Fsp3) is 0.385. The highest BCUT2D eigenvalue weighted by atomic mass is 32.3. The number of fused-ring (bicyclic) bond motifs is 1. The van der Waals surface area contributed by atoms with Crippen LogP contribution in [0.1, 0.15) is 12.1 Å². The highest BCUT2D eigenvalue weighted by Gasteiger charge is 2.33. The first kappa shape index (κ1) is 14.0. The number of H-pyrrole nitrogens is 1. The normalized spacial score (nSPS) is 19.6. The van der Waals surface area contributed by atoms with Crippen molar-refractivity contribution in [2.24, 2.45) is 5.92 Å². The maximum Gasteiger partial charge on any atom is 0.302 e. The Labute approximate surface area is 121 Å². The van der Waals surface area contributed by atoms with Gasteiger partial charge in [0.1, 0.15) is 0 Å². The summed E-state index contributed by atoms with van der Waals surface area (Å²) in [4.78, 5) is 13.5. The van der Waals surface area contributed by atoms with Crippen LogP contribution in [0.25, 0.3) is 10.9 Å². The zero-order valence-corrected chi connectivity index (χ0v) is 12.2. The van der Waals surface area contributed by atoms with E-state index in [1.807, 2.05) is 13.0 Å². The molecule has 2 heterocycles. The molecule has 1 aliphatic heterocycles. The molecule has 0 spiro atoms. The van der Waals surface area contributed by atoms with E-state index in [4.69, 9.17) is 0 Å². The fourth-order valence-electron chi connectivity index (χ4n) is 2.72. The van der Waals surface area contributed by atoms with E-state index in [-0.39, 0.29) is 18.9 Å². The number of hydrogen-bond donors (Lipinski definition) is 1. The van der Waals surface area contributed by atoms with Gasteiger partial charge in [-0.3, -0.25) is 9.89 Å². The molecular formula is C13H14FN3O3S. The summed E-state index contributed by atoms with van der Waals surface area (Å²) >= 11 is 0. The molecule has 0 saturated carbocycles. The van der Waals surface area contributed by atoms with Gasteiger partial charge in [-0.05, 0) is 25.1 Å². The van der Waals surface area contributed by atoms with Crippen molar-refractivity contribution in [1.82, 2.24) is 10.2 Å². The lowest BCUT2D eigenvalue weighted by atomic mass is 10.1. The summed E-state index contributed by atoms with van der Waals surface area (Å²) in [6.45, 7) is 2.09. The molecule has 0 bridgehead atoms. The standard InChI is InChI=1S/C13H14FN3O3S/c1-8-11-5-10(2-3-12(11)16-15-8)17-6-9(4-13(17)18)7-21(14,19)20/h2-3,5,9H,4,6-7H2,1H3,(H,15,16). The number of carbonyl (C=O) groups excluding carboxylic acids is 1. The summed E-state index contributed by atoms with van der Waals surface area (Å²) in [6.07, 6.45) is 0.0472. The van der Waals surface area contributed by atoms with Crippen molar-refractivity contribution in [2.45, 2.75) is 13.3 Å². The Kier molecular flexibility index (Phi) is 3.20. The SMILES string of the molecule is Cc1[nH]nc2ccc(N3CC(CS(=O)(=O)F)CC3=O)cc12. The van der Waals surface area contributed by atoms with Gasteiger partial charge in [0.05, 0.1) is 11.3 Å². The predicted molar refractivity (Wildman–Crippen MR) is 76.2 cm³/mol. The Morgan fingerprint density at radius 1 is 1.48 bits per heavy atom. The van der Waals surface area contributed by atoms with E-state index in [1.165, 1.54) is 4.90 Å². The molecule has 1 N–H and O–H groups in total. The second kappa shape index (κ2) is 4.80. The monoisotopic (exact) mass is 311 g/mol. The van der Waals surface area contributed by atoms with Gasteiger partial charge in [-0.25, -0.2) is 0 Å². The molecular weight excluding hydrogens is 297 g/mol. The Morgan fingerprint density at radius 2 is 2.24 bits per heavy atom. The average molecular weight is 311 g/mol. The summed E-state index contributed by atoms with van der Waals surface area (Å²) in [6, 6.07) is 5.38. The number of carbonyl (C=O) groups is 1. The number of aromatic nitrogens is 2. The fourth-order valence-corrected chi connectivity index (χ4v) is 3.50. The van der Waals surface area contributed by atoms with Crippen LogP contribution in [0.15, 0.2) is 18.2 Å². The largest absolute Gasteiger partial charge is 0.312 e. The Bertz CT molecular complexity index is 815. The topological polar surface area (TPSA) is 83.1 Å². The van der Waals surface area contributed by atoms with Crippen LogP contribution in [-0.4, -0.2) is 36.8 Å². The number of rotatable bonds is 3. The molecule has 3 rings (SSSR count). The number of hydrogen-bond acceptors (Lipinski definition) is 4. The third kappa shape index (κ3) is 2.76. The van der Waals surface area contributed by atoms with Gasteiger partial charge in [-0.15, -0.1) is 3.89 Å². The number of halogens is 1. The summed E-state index contributed by atoms with van der Waals surface area (Å²) < 4.78 is 34.2. The van der Waals surface area contributed by atoms with Crippen LogP contribution in [-0.2, 0) is 15.0 Å². The van der Waals surface area contributed by atoms with Crippen LogP contribution in [0.4, 0.5) is 9.57 Å². The molecule has 1 aliphatic rings. The molecule has 21 heavy (non-hydrogen) atoms. The lowest BCUT2D eigenvalue weighted by Gasteiger charge is -2.16. The van der Waals surface area contributed by atoms with Crippen LogP contribution in [0.2, 0.25) is 0 Å². The second-order valence-electron chi connectivity index (χ2n) is 5.33. The van der Waals surface area contributed by atoms with E-state index in [1.54, 1.807) is 12.1 Å². The van der Waals surface area contributed by atoms with E-state index in [9.17, 15) is 17.1 Å². The Hall–Kier alpha value is -1.96. The average Bonchev–Trinajstić information content (AvgIpc) is 2.91. The molecule has 1 atom stereocenters. The number of aryl methyl sites for hydroxylation is 1. The maximum absolute atomic E-state index is 12.7. The molecule has 8 heteroatoms. The van der Waals surface area contributed by atoms with E-state index in [0.29, 0.717) is 5.69 Å². The minimum Gasteiger partial charge on any atom is -0.312 e. The van der Waals surface area contributed by atoms with Gasteiger partial charge in [0.25, 0.3) is 0 Å². The lowest BCUT2D eigenvalue weighted by Crippen LogP contribution is -2.25. The van der Waals surface area contributed by atoms with Crippen LogP contribution >= 0.6 is 0 Å². The predicted octanol–water partition coefficient (Wildman–Crippen LogP) is 1.52. The van der Waals surface area contributed by atoms with Crippen molar-refractivity contribution in [2.75, 3.05) is 17.2 Å². The smallest absolute Gasteiger partial charge is 0.302 e. The zero-order valence-electron chi connectivity index (χ0n) is 11.3. The first-order valence-corrected chi connectivity index (χ1v) is 8.06. The molecule has 2 aromatic rings. The zero-order chi connectivity index (χ0) is 15.2. The number of amides is 1. The van der Waals surface area contributed by atoms with E-state index < -0.39 is 21.9 Å². The molecule has 6 nitrogen and oxygen atoms in total. The van der Waals surface area contributed by atoms with E-state index >= 15 is 0 Å². The minimum absolute atomic E-state index is 0.0472. The highest BCUT2D eigenvalue weighted by molar-refractivity contribution is 7.86. The first-order chi connectivity index (χ1) is 9.83. The second-order valence-corrected chi connectivity index (χ2v) is 6.74. The quantitative estimate of drug-likeness (QED) is 0.871. The van der Waals surface area contributed by atoms with Crippen LogP contribution in [0.3, 0.4) is 0 Å². The number of nitrogens with zero attached hydrogens (tertiary/aromatic N) is 2. The number of anilines is 1. The van der Waals surface area contributed by atoms with Gasteiger partial charge in [-0.1, -0.05) is 0 Å². The molecule has 0 radical (unpaired) electrons. The molecule has 112 valence electrons. The molecule has 1 aromatic heterocycles. The Morgan fingerprint density at radius 3 is 2.95 bits per heavy atom. The van der Waals surface area contributed by atoms with Crippen molar-refractivity contribution in [1.29, 1.82) is 0 Å². The third-order valence-corrected chi connectivity index (χ3v) is 4.55. The summed E-state index contributed by atoms with van der Waals surface area (Å²) in [7, 11) is -4.56. The lowest BCUT2D eigenvalue weighted by molar-refractivity contribution is -0.117. The molecule has 1 aromatic carbocycles. The van der Waals surface area contributed by atoms with Crippen LogP contribution < -0.4 is 4.90 Å². The van der Waals surface area contributed by atoms with Gasteiger partial charge in [0.2, 0.25) is 5.91 Å². The highest BCUT2D eigenvalue weighted by Crippen LogP contribution is 2.29. The summed E-state index contributed by atoms with van der Waals surface area (Å²) in [5, 5.41) is 7.88. The van der Waals surface area contributed by atoms with Crippen LogP contribution in [0, 0.1) is 12.8 Å². The van der Waals surface area contributed by atoms with Gasteiger partial charge in [0, 0.05) is 35.7 Å². The van der Waals surface area contributed by atoms with Crippen molar-refractivity contribution >= 4 is 32.7 Å². The Balaban J connectivity index is 1.88. The van der Waals surface area contributed by atoms with Crippen molar-refractivity contribution in [3.8, 4) is 0 Å². The minimum atomic E-state index is -4.56. The van der Waals surface area contributed by atoms with Gasteiger partial charge in [-0.2, -0.15) is 13.5 Å². The van der Waals surface area contributed by atoms with Gasteiger partial charge in [0.15, 0.2) is 0 Å². The maximum atomic E-state index is 12.7. The first-order valence-electron chi connectivity index (χ1n) is 6.51.